The van der Waals surface area contributed by atoms with E-state index < -0.39 is 0 Å². The number of nitrogens with zero attached hydrogens (tertiary/aromatic N) is 2. The number of hydrogen-bond acceptors (Lipinski definition) is 5. The maximum atomic E-state index is 5.80. The number of aromatic nitrogens is 2. The van der Waals surface area contributed by atoms with E-state index in [0.717, 1.165) is 17.8 Å². The molecule has 0 aliphatic heterocycles. The van der Waals surface area contributed by atoms with Crippen LogP contribution in [0.5, 0.6) is 0 Å². The highest BCUT2D eigenvalue weighted by atomic mass is 16.4. The van der Waals surface area contributed by atoms with Crippen LogP contribution in [-0.2, 0) is 0 Å². The number of nitrogens with two attached hydrogens (primary N) is 1. The fourth-order valence-corrected chi connectivity index (χ4v) is 2.73. The first kappa shape index (κ1) is 12.2. The summed E-state index contributed by atoms with van der Waals surface area (Å²) in [6.45, 7) is 0.762. The fraction of sp³-hybridized carbons (Fsp3) is 0.429. The molecular formula is C14H18N4O. The zero-order valence-corrected chi connectivity index (χ0v) is 10.7. The summed E-state index contributed by atoms with van der Waals surface area (Å²) >= 11 is 0. The minimum absolute atomic E-state index is 0.499. The van der Waals surface area contributed by atoms with Crippen LogP contribution >= 0.6 is 0 Å². The molecule has 1 heterocycles. The highest BCUT2D eigenvalue weighted by molar-refractivity contribution is 5.58. The summed E-state index contributed by atoms with van der Waals surface area (Å²) in [7, 11) is 0. The summed E-state index contributed by atoms with van der Waals surface area (Å²) in [6.07, 6.45) is 5.03. The van der Waals surface area contributed by atoms with Crippen molar-refractivity contribution in [2.45, 2.75) is 25.3 Å². The summed E-state index contributed by atoms with van der Waals surface area (Å²) in [5.41, 5.74) is 7.85. The molecule has 1 saturated carbocycles. The van der Waals surface area contributed by atoms with Gasteiger partial charge in [0.25, 0.3) is 0 Å². The van der Waals surface area contributed by atoms with Gasteiger partial charge in [0.2, 0.25) is 12.3 Å². The number of hydrogen-bond donors (Lipinski definition) is 2. The summed E-state index contributed by atoms with van der Waals surface area (Å²) in [5, 5.41) is 11.1. The van der Waals surface area contributed by atoms with Gasteiger partial charge >= 0.3 is 0 Å². The SMILES string of the molecule is NCC1CCCC1Nc1ccc(-c2nnco2)cc1. The summed E-state index contributed by atoms with van der Waals surface area (Å²) in [6, 6.07) is 8.57. The molecule has 0 radical (unpaired) electrons. The number of nitrogens with one attached hydrogen (secondary N) is 1. The molecule has 0 amide bonds. The number of anilines is 1. The van der Waals surface area contributed by atoms with Crippen molar-refractivity contribution in [3.63, 3.8) is 0 Å². The van der Waals surface area contributed by atoms with Gasteiger partial charge in [0.15, 0.2) is 0 Å². The molecule has 3 N–H and O–H groups in total. The van der Waals surface area contributed by atoms with Gasteiger partial charge in [-0.1, -0.05) is 6.42 Å². The van der Waals surface area contributed by atoms with Gasteiger partial charge in [-0.25, -0.2) is 0 Å². The second-order valence-electron chi connectivity index (χ2n) is 5.00. The van der Waals surface area contributed by atoms with Gasteiger partial charge < -0.3 is 15.5 Å². The second kappa shape index (κ2) is 5.40. The van der Waals surface area contributed by atoms with Crippen LogP contribution < -0.4 is 11.1 Å². The molecule has 0 spiro atoms. The van der Waals surface area contributed by atoms with E-state index in [2.05, 4.69) is 15.5 Å². The number of rotatable bonds is 4. The van der Waals surface area contributed by atoms with E-state index in [1.54, 1.807) is 0 Å². The zero-order valence-electron chi connectivity index (χ0n) is 10.7. The second-order valence-corrected chi connectivity index (χ2v) is 5.00. The van der Waals surface area contributed by atoms with Crippen LogP contribution in [0.2, 0.25) is 0 Å². The Morgan fingerprint density at radius 3 is 2.79 bits per heavy atom. The molecule has 19 heavy (non-hydrogen) atoms. The normalized spacial score (nSPS) is 22.6. The minimum Gasteiger partial charge on any atom is -0.423 e. The van der Waals surface area contributed by atoms with Crippen molar-refractivity contribution in [1.29, 1.82) is 0 Å². The Balaban J connectivity index is 1.69. The third-order valence-corrected chi connectivity index (χ3v) is 3.81. The smallest absolute Gasteiger partial charge is 0.247 e. The van der Waals surface area contributed by atoms with Crippen LogP contribution in [0.25, 0.3) is 11.5 Å². The van der Waals surface area contributed by atoms with Gasteiger partial charge in [-0.05, 0) is 49.6 Å². The molecule has 1 aliphatic carbocycles. The monoisotopic (exact) mass is 258 g/mol. The van der Waals surface area contributed by atoms with Gasteiger partial charge in [-0.15, -0.1) is 10.2 Å². The topological polar surface area (TPSA) is 77.0 Å². The maximum absolute atomic E-state index is 5.80. The van der Waals surface area contributed by atoms with E-state index in [0.29, 0.717) is 17.9 Å². The predicted octanol–water partition coefficient (Wildman–Crippen LogP) is 2.28. The molecule has 2 atom stereocenters. The molecule has 0 bridgehead atoms. The lowest BCUT2D eigenvalue weighted by Gasteiger charge is -2.20. The molecule has 3 rings (SSSR count). The molecular weight excluding hydrogens is 240 g/mol. The van der Waals surface area contributed by atoms with Crippen molar-refractivity contribution in [2.75, 3.05) is 11.9 Å². The largest absolute Gasteiger partial charge is 0.423 e. The van der Waals surface area contributed by atoms with Crippen LogP contribution in [0.15, 0.2) is 35.1 Å². The van der Waals surface area contributed by atoms with Crippen molar-refractivity contribution in [3.05, 3.63) is 30.7 Å². The van der Waals surface area contributed by atoms with E-state index in [9.17, 15) is 0 Å². The molecule has 1 aliphatic rings. The predicted molar refractivity (Wildman–Crippen MR) is 73.5 cm³/mol. The van der Waals surface area contributed by atoms with Crippen molar-refractivity contribution in [1.82, 2.24) is 10.2 Å². The van der Waals surface area contributed by atoms with Crippen molar-refractivity contribution >= 4 is 5.69 Å². The van der Waals surface area contributed by atoms with E-state index in [1.807, 2.05) is 24.3 Å². The lowest BCUT2D eigenvalue weighted by Crippen LogP contribution is -2.29. The first-order chi connectivity index (χ1) is 9.36. The van der Waals surface area contributed by atoms with Crippen molar-refractivity contribution in [2.24, 2.45) is 11.7 Å². The van der Waals surface area contributed by atoms with Crippen LogP contribution in [0.3, 0.4) is 0 Å². The highest BCUT2D eigenvalue weighted by Crippen LogP contribution is 2.28. The van der Waals surface area contributed by atoms with Gasteiger partial charge in [-0.3, -0.25) is 0 Å². The zero-order chi connectivity index (χ0) is 13.1. The maximum Gasteiger partial charge on any atom is 0.247 e. The van der Waals surface area contributed by atoms with Crippen LogP contribution in [0.4, 0.5) is 5.69 Å². The van der Waals surface area contributed by atoms with E-state index >= 15 is 0 Å². The molecule has 1 fully saturated rings. The van der Waals surface area contributed by atoms with Gasteiger partial charge in [0.05, 0.1) is 0 Å². The molecule has 1 aromatic heterocycles. The van der Waals surface area contributed by atoms with Crippen LogP contribution in [-0.4, -0.2) is 22.8 Å². The van der Waals surface area contributed by atoms with Crippen LogP contribution in [0, 0.1) is 5.92 Å². The van der Waals surface area contributed by atoms with Crippen molar-refractivity contribution in [3.8, 4) is 11.5 Å². The Morgan fingerprint density at radius 2 is 2.11 bits per heavy atom. The quantitative estimate of drug-likeness (QED) is 0.879. The molecule has 5 nitrogen and oxygen atoms in total. The Bertz CT molecular complexity index is 509. The summed E-state index contributed by atoms with van der Waals surface area (Å²) < 4.78 is 5.17. The average molecular weight is 258 g/mol. The average Bonchev–Trinajstić information content (AvgIpc) is 3.10. The Hall–Kier alpha value is -1.88. The van der Waals surface area contributed by atoms with E-state index in [1.165, 1.54) is 25.7 Å². The first-order valence-corrected chi connectivity index (χ1v) is 6.70. The lowest BCUT2D eigenvalue weighted by molar-refractivity contribution is 0.516. The van der Waals surface area contributed by atoms with Gasteiger partial charge in [0, 0.05) is 17.3 Å². The summed E-state index contributed by atoms with van der Waals surface area (Å²) in [4.78, 5) is 0. The summed E-state index contributed by atoms with van der Waals surface area (Å²) in [5.74, 6) is 1.14. The van der Waals surface area contributed by atoms with Gasteiger partial charge in [-0.2, -0.15) is 0 Å². The number of benzene rings is 1. The van der Waals surface area contributed by atoms with Gasteiger partial charge in [0.1, 0.15) is 0 Å². The Kier molecular flexibility index (Phi) is 3.46. The molecule has 100 valence electrons. The van der Waals surface area contributed by atoms with E-state index in [-0.39, 0.29) is 0 Å². The van der Waals surface area contributed by atoms with Crippen LogP contribution in [0.1, 0.15) is 19.3 Å². The van der Waals surface area contributed by atoms with E-state index in [4.69, 9.17) is 10.2 Å². The highest BCUT2D eigenvalue weighted by Gasteiger charge is 2.25. The van der Waals surface area contributed by atoms with Crippen molar-refractivity contribution < 1.29 is 4.42 Å². The fourth-order valence-electron chi connectivity index (χ4n) is 2.73. The minimum atomic E-state index is 0.499. The molecule has 2 unspecified atom stereocenters. The third kappa shape index (κ3) is 2.61. The molecule has 0 saturated heterocycles. The first-order valence-electron chi connectivity index (χ1n) is 6.70. The lowest BCUT2D eigenvalue weighted by atomic mass is 10.0. The molecule has 1 aromatic carbocycles. The molecule has 5 heteroatoms. The Labute approximate surface area is 112 Å². The Morgan fingerprint density at radius 1 is 1.26 bits per heavy atom. The third-order valence-electron chi connectivity index (χ3n) is 3.81. The molecule has 2 aromatic rings. The standard InChI is InChI=1S/C14H18N4O/c15-8-11-2-1-3-13(11)17-12-6-4-10(5-7-12)14-18-16-9-19-14/h4-7,9,11,13,17H,1-3,8,15H2.